The maximum Gasteiger partial charge on any atom is 0.228 e. The molecule has 0 bridgehead atoms. The van der Waals surface area contributed by atoms with E-state index >= 15 is 0 Å². The fourth-order valence-corrected chi connectivity index (χ4v) is 3.69. The number of carbonyl (C=O) groups is 1. The second-order valence-corrected chi connectivity index (χ2v) is 7.41. The number of anilines is 2. The lowest BCUT2D eigenvalue weighted by Gasteiger charge is -2.35. The summed E-state index contributed by atoms with van der Waals surface area (Å²) in [5, 5.41) is 0.707. The molecule has 1 aliphatic heterocycles. The van der Waals surface area contributed by atoms with Crippen LogP contribution in [0.3, 0.4) is 0 Å². The number of rotatable bonds is 7. The van der Waals surface area contributed by atoms with Crippen LogP contribution in [-0.4, -0.2) is 67.8 Å². The number of aromatic nitrogens is 2. The van der Waals surface area contributed by atoms with Crippen LogP contribution in [0.4, 0.5) is 11.8 Å². The van der Waals surface area contributed by atoms with Gasteiger partial charge in [0.25, 0.3) is 0 Å². The molecule has 4 rings (SSSR count). The van der Waals surface area contributed by atoms with Gasteiger partial charge in [0.05, 0.1) is 32.8 Å². The van der Waals surface area contributed by atoms with Crippen molar-refractivity contribution in [2.45, 2.75) is 6.42 Å². The molecule has 1 fully saturated rings. The Morgan fingerprint density at radius 1 is 1.00 bits per heavy atom. The summed E-state index contributed by atoms with van der Waals surface area (Å²) in [5.74, 6) is 2.93. The first kappa shape index (κ1) is 21.5. The number of ether oxygens (including phenoxy) is 3. The summed E-state index contributed by atoms with van der Waals surface area (Å²) in [7, 11) is 3.15. The molecule has 0 spiro atoms. The van der Waals surface area contributed by atoms with Gasteiger partial charge in [-0.2, -0.15) is 4.98 Å². The van der Waals surface area contributed by atoms with Crippen LogP contribution in [0.15, 0.2) is 42.5 Å². The predicted octanol–water partition coefficient (Wildman–Crippen LogP) is 2.35. The Hall–Kier alpha value is -3.75. The Morgan fingerprint density at radius 2 is 1.69 bits per heavy atom. The van der Waals surface area contributed by atoms with Crippen LogP contribution in [0, 0.1) is 0 Å². The van der Waals surface area contributed by atoms with E-state index in [0.717, 1.165) is 5.75 Å². The molecule has 1 amide bonds. The first-order valence-electron chi connectivity index (χ1n) is 10.5. The highest BCUT2D eigenvalue weighted by Gasteiger charge is 2.23. The number of piperazine rings is 1. The molecule has 0 aliphatic carbocycles. The minimum Gasteiger partial charge on any atom is -0.493 e. The van der Waals surface area contributed by atoms with Gasteiger partial charge in [-0.05, 0) is 18.2 Å². The zero-order valence-corrected chi connectivity index (χ0v) is 18.3. The second-order valence-electron chi connectivity index (χ2n) is 7.41. The van der Waals surface area contributed by atoms with Gasteiger partial charge in [-0.1, -0.05) is 18.2 Å². The molecule has 3 aromatic rings. The van der Waals surface area contributed by atoms with E-state index in [0.29, 0.717) is 73.4 Å². The molecule has 1 aromatic heterocycles. The van der Waals surface area contributed by atoms with Crippen molar-refractivity contribution in [2.24, 2.45) is 0 Å². The molecule has 0 unspecified atom stereocenters. The van der Waals surface area contributed by atoms with E-state index < -0.39 is 0 Å². The molecule has 2 N–H and O–H groups in total. The van der Waals surface area contributed by atoms with E-state index in [9.17, 15) is 4.79 Å². The largest absolute Gasteiger partial charge is 0.493 e. The van der Waals surface area contributed by atoms with Crippen LogP contribution in [0.1, 0.15) is 6.42 Å². The van der Waals surface area contributed by atoms with Gasteiger partial charge in [0.15, 0.2) is 11.5 Å². The van der Waals surface area contributed by atoms with Crippen LogP contribution >= 0.6 is 0 Å². The van der Waals surface area contributed by atoms with Crippen molar-refractivity contribution in [3.8, 4) is 17.2 Å². The highest BCUT2D eigenvalue weighted by Crippen LogP contribution is 2.34. The Labute approximate surface area is 186 Å². The highest BCUT2D eigenvalue weighted by atomic mass is 16.5. The molecule has 9 heteroatoms. The van der Waals surface area contributed by atoms with Crippen molar-refractivity contribution in [2.75, 3.05) is 57.6 Å². The van der Waals surface area contributed by atoms with E-state index in [2.05, 4.69) is 9.97 Å². The summed E-state index contributed by atoms with van der Waals surface area (Å²) in [6.45, 7) is 2.81. The number of hydrogen-bond acceptors (Lipinski definition) is 8. The molecular formula is C23H27N5O4. The van der Waals surface area contributed by atoms with Crippen molar-refractivity contribution in [3.63, 3.8) is 0 Å². The topological polar surface area (TPSA) is 103 Å². The van der Waals surface area contributed by atoms with E-state index in [1.54, 1.807) is 26.4 Å². The van der Waals surface area contributed by atoms with Gasteiger partial charge >= 0.3 is 0 Å². The minimum absolute atomic E-state index is 0.0800. The molecule has 32 heavy (non-hydrogen) atoms. The number of carbonyl (C=O) groups excluding carboxylic acids is 1. The molecule has 0 atom stereocenters. The van der Waals surface area contributed by atoms with E-state index in [1.165, 1.54) is 0 Å². The lowest BCUT2D eigenvalue weighted by Crippen LogP contribution is -2.49. The van der Waals surface area contributed by atoms with Crippen LogP contribution in [0.2, 0.25) is 0 Å². The normalized spacial score (nSPS) is 13.8. The van der Waals surface area contributed by atoms with Gasteiger partial charge in [-0.25, -0.2) is 4.98 Å². The average Bonchev–Trinajstić information content (AvgIpc) is 2.84. The third-order valence-electron chi connectivity index (χ3n) is 5.46. The van der Waals surface area contributed by atoms with Crippen molar-refractivity contribution < 1.29 is 19.0 Å². The summed E-state index contributed by atoms with van der Waals surface area (Å²) in [6, 6.07) is 13.1. The van der Waals surface area contributed by atoms with Crippen LogP contribution in [0.25, 0.3) is 10.9 Å². The number of hydrogen-bond donors (Lipinski definition) is 1. The predicted molar refractivity (Wildman–Crippen MR) is 122 cm³/mol. The maximum absolute atomic E-state index is 12.5. The number of nitrogens with two attached hydrogens (primary N) is 1. The summed E-state index contributed by atoms with van der Waals surface area (Å²) < 4.78 is 16.4. The Morgan fingerprint density at radius 3 is 2.38 bits per heavy atom. The average molecular weight is 438 g/mol. The van der Waals surface area contributed by atoms with Crippen LogP contribution in [-0.2, 0) is 4.79 Å². The first-order chi connectivity index (χ1) is 15.6. The summed E-state index contributed by atoms with van der Waals surface area (Å²) >= 11 is 0. The Kier molecular flexibility index (Phi) is 6.44. The fraction of sp³-hybridized carbons (Fsp3) is 0.348. The SMILES string of the molecule is COc1cc2nc(N3CCN(C(=O)CCOc4ccccc4)CC3)nc(N)c2cc1OC. The lowest BCUT2D eigenvalue weighted by molar-refractivity contribution is -0.132. The Bertz CT molecular complexity index is 1080. The zero-order chi connectivity index (χ0) is 22.5. The number of nitrogen functional groups attached to an aromatic ring is 1. The first-order valence-corrected chi connectivity index (χ1v) is 10.5. The molecule has 2 heterocycles. The fourth-order valence-electron chi connectivity index (χ4n) is 3.69. The molecule has 1 saturated heterocycles. The lowest BCUT2D eigenvalue weighted by atomic mass is 10.2. The maximum atomic E-state index is 12.5. The number of para-hydroxylation sites is 1. The molecule has 1 aliphatic rings. The number of nitrogens with zero attached hydrogens (tertiary/aromatic N) is 4. The van der Waals surface area contributed by atoms with Crippen molar-refractivity contribution in [1.82, 2.24) is 14.9 Å². The summed E-state index contributed by atoms with van der Waals surface area (Å²) in [5.41, 5.74) is 6.89. The second kappa shape index (κ2) is 9.59. The molecule has 0 radical (unpaired) electrons. The molecule has 9 nitrogen and oxygen atoms in total. The molecule has 168 valence electrons. The number of fused-ring (bicyclic) bond motifs is 1. The van der Waals surface area contributed by atoms with Crippen molar-refractivity contribution in [3.05, 3.63) is 42.5 Å². The standard InChI is InChI=1S/C23H27N5O4/c1-30-19-14-17-18(15-20(19)31-2)25-23(26-22(17)24)28-11-9-27(10-12-28)21(29)8-13-32-16-6-4-3-5-7-16/h3-7,14-15H,8-13H2,1-2H3,(H2,24,25,26). The van der Waals surface area contributed by atoms with Gasteiger partial charge in [0.1, 0.15) is 11.6 Å². The number of amides is 1. The highest BCUT2D eigenvalue weighted by molar-refractivity contribution is 5.91. The molecule has 2 aromatic carbocycles. The number of methoxy groups -OCH3 is 2. The third-order valence-corrected chi connectivity index (χ3v) is 5.46. The minimum atomic E-state index is 0.0800. The molecule has 0 saturated carbocycles. The van der Waals surface area contributed by atoms with Gasteiger partial charge in [-0.15, -0.1) is 0 Å². The van der Waals surface area contributed by atoms with Gasteiger partial charge in [0.2, 0.25) is 11.9 Å². The van der Waals surface area contributed by atoms with Gasteiger partial charge in [0, 0.05) is 37.6 Å². The Balaban J connectivity index is 1.37. The summed E-state index contributed by atoms with van der Waals surface area (Å²) in [4.78, 5) is 25.6. The zero-order valence-electron chi connectivity index (χ0n) is 18.3. The van der Waals surface area contributed by atoms with Crippen molar-refractivity contribution in [1.29, 1.82) is 0 Å². The van der Waals surface area contributed by atoms with Gasteiger partial charge in [-0.3, -0.25) is 4.79 Å². The van der Waals surface area contributed by atoms with E-state index in [-0.39, 0.29) is 5.91 Å². The smallest absolute Gasteiger partial charge is 0.228 e. The third kappa shape index (κ3) is 4.61. The molecular weight excluding hydrogens is 410 g/mol. The number of benzene rings is 2. The van der Waals surface area contributed by atoms with Crippen LogP contribution in [0.5, 0.6) is 17.2 Å². The summed E-state index contributed by atoms with van der Waals surface area (Å²) in [6.07, 6.45) is 0.343. The quantitative estimate of drug-likeness (QED) is 0.601. The van der Waals surface area contributed by atoms with E-state index in [4.69, 9.17) is 19.9 Å². The van der Waals surface area contributed by atoms with Gasteiger partial charge < -0.3 is 29.7 Å². The monoisotopic (exact) mass is 437 g/mol. The van der Waals surface area contributed by atoms with Crippen LogP contribution < -0.4 is 24.8 Å². The van der Waals surface area contributed by atoms with Crippen molar-refractivity contribution >= 4 is 28.6 Å². The van der Waals surface area contributed by atoms with E-state index in [1.807, 2.05) is 40.1 Å².